The number of aliphatic imine (C=N–C) groups is 1. The molecule has 0 spiro atoms. The smallest absolute Gasteiger partial charge is 0.0950 e. The van der Waals surface area contributed by atoms with Crippen LogP contribution in [0, 0.1) is 27.7 Å². The van der Waals surface area contributed by atoms with Gasteiger partial charge in [0.2, 0.25) is 0 Å². The molecule has 0 atom stereocenters. The molecule has 0 unspecified atom stereocenters. The highest BCUT2D eigenvalue weighted by Gasteiger charge is 2.11. The zero-order valence-electron chi connectivity index (χ0n) is 11.1. The monoisotopic (exact) mass is 248 g/mol. The molecule has 17 heavy (non-hydrogen) atoms. The molecule has 0 fully saturated rings. The molecular weight excluding hydrogens is 228 g/mol. The summed E-state index contributed by atoms with van der Waals surface area (Å²) < 4.78 is 2.23. The third-order valence-electron chi connectivity index (χ3n) is 3.56. The topological polar surface area (TPSA) is 15.6 Å². The van der Waals surface area contributed by atoms with Crippen LogP contribution in [0.3, 0.4) is 0 Å². The van der Waals surface area contributed by atoms with E-state index in [1.807, 2.05) is 18.3 Å². The van der Waals surface area contributed by atoms with Crippen molar-refractivity contribution in [3.05, 3.63) is 33.9 Å². The molecule has 0 bridgehead atoms. The van der Waals surface area contributed by atoms with Crippen molar-refractivity contribution in [2.75, 3.05) is 13.1 Å². The molecule has 0 N–H and O–H groups in total. The third kappa shape index (κ3) is 2.65. The summed E-state index contributed by atoms with van der Waals surface area (Å²) in [6.07, 6.45) is 1.96. The van der Waals surface area contributed by atoms with Gasteiger partial charge in [0.15, 0.2) is 0 Å². The molecular formula is C14H20N2S. The van der Waals surface area contributed by atoms with Crippen molar-refractivity contribution in [3.63, 3.8) is 0 Å². The summed E-state index contributed by atoms with van der Waals surface area (Å²) in [5, 5.41) is 0. The van der Waals surface area contributed by atoms with Gasteiger partial charge in [-0.3, -0.25) is 4.99 Å². The zero-order valence-corrected chi connectivity index (χ0v) is 11.9. The Morgan fingerprint density at radius 3 is 2.35 bits per heavy atom. The molecule has 0 saturated carbocycles. The van der Waals surface area contributed by atoms with Gasteiger partial charge >= 0.3 is 0 Å². The highest BCUT2D eigenvalue weighted by atomic mass is 32.2. The Balaban J connectivity index is 2.16. The van der Waals surface area contributed by atoms with Crippen LogP contribution in [0.5, 0.6) is 0 Å². The standard InChI is InChI=1S/C14H20N2S/c1-10-7-11(2)13(4)14(12(10)3)8-17-16-6-5-15-9-16/h7,9H,5-6,8H2,1-4H3. The van der Waals surface area contributed by atoms with Gasteiger partial charge in [0.1, 0.15) is 0 Å². The average Bonchev–Trinajstić information content (AvgIpc) is 2.79. The SMILES string of the molecule is Cc1cc(C)c(C)c(CSN2C=NCC2)c1C. The summed E-state index contributed by atoms with van der Waals surface area (Å²) in [5.41, 5.74) is 7.18. The normalized spacial score (nSPS) is 14.7. The molecule has 2 rings (SSSR count). The number of rotatable bonds is 3. The van der Waals surface area contributed by atoms with Gasteiger partial charge in [-0.15, -0.1) is 0 Å². The molecule has 0 aromatic heterocycles. The molecule has 2 nitrogen and oxygen atoms in total. The number of hydrogen-bond acceptors (Lipinski definition) is 3. The maximum atomic E-state index is 4.24. The molecule has 0 amide bonds. The van der Waals surface area contributed by atoms with Crippen LogP contribution in [-0.2, 0) is 5.75 Å². The Kier molecular flexibility index (Phi) is 3.77. The molecule has 92 valence electrons. The lowest BCUT2D eigenvalue weighted by atomic mass is 9.95. The predicted octanol–water partition coefficient (Wildman–Crippen LogP) is 3.41. The number of benzene rings is 1. The Hall–Kier alpha value is -0.960. The molecule has 1 heterocycles. The first-order chi connectivity index (χ1) is 8.09. The van der Waals surface area contributed by atoms with E-state index in [4.69, 9.17) is 0 Å². The fraction of sp³-hybridized carbons (Fsp3) is 0.500. The van der Waals surface area contributed by atoms with Crippen molar-refractivity contribution in [2.24, 2.45) is 4.99 Å². The Bertz CT molecular complexity index is 426. The molecule has 3 heteroatoms. The van der Waals surface area contributed by atoms with Gasteiger partial charge in [-0.05, 0) is 67.5 Å². The summed E-state index contributed by atoms with van der Waals surface area (Å²) in [6, 6.07) is 2.29. The number of nitrogens with zero attached hydrogens (tertiary/aromatic N) is 2. The second-order valence-electron chi connectivity index (χ2n) is 4.67. The van der Waals surface area contributed by atoms with E-state index in [0.717, 1.165) is 18.8 Å². The lowest BCUT2D eigenvalue weighted by molar-refractivity contribution is 0.747. The van der Waals surface area contributed by atoms with E-state index in [-0.39, 0.29) is 0 Å². The van der Waals surface area contributed by atoms with Crippen LogP contribution >= 0.6 is 11.9 Å². The molecule has 1 aliphatic heterocycles. The van der Waals surface area contributed by atoms with Gasteiger partial charge in [-0.25, -0.2) is 0 Å². The maximum Gasteiger partial charge on any atom is 0.0950 e. The van der Waals surface area contributed by atoms with Crippen LogP contribution < -0.4 is 0 Å². The van der Waals surface area contributed by atoms with Crippen LogP contribution in [-0.4, -0.2) is 23.7 Å². The summed E-state index contributed by atoms with van der Waals surface area (Å²) >= 11 is 1.87. The van der Waals surface area contributed by atoms with E-state index >= 15 is 0 Å². The van der Waals surface area contributed by atoms with Crippen molar-refractivity contribution < 1.29 is 0 Å². The van der Waals surface area contributed by atoms with E-state index in [1.54, 1.807) is 0 Å². The van der Waals surface area contributed by atoms with Crippen molar-refractivity contribution in [2.45, 2.75) is 33.4 Å². The number of hydrogen-bond donors (Lipinski definition) is 0. The largest absolute Gasteiger partial charge is 0.305 e. The van der Waals surface area contributed by atoms with Crippen molar-refractivity contribution in [1.82, 2.24) is 4.31 Å². The predicted molar refractivity (Wildman–Crippen MR) is 76.8 cm³/mol. The Morgan fingerprint density at radius 2 is 1.82 bits per heavy atom. The van der Waals surface area contributed by atoms with Crippen molar-refractivity contribution in [1.29, 1.82) is 0 Å². The fourth-order valence-electron chi connectivity index (χ4n) is 2.12. The van der Waals surface area contributed by atoms with Gasteiger partial charge in [-0.1, -0.05) is 6.07 Å². The van der Waals surface area contributed by atoms with Gasteiger partial charge in [0.25, 0.3) is 0 Å². The minimum absolute atomic E-state index is 0.942. The minimum atomic E-state index is 0.942. The van der Waals surface area contributed by atoms with Gasteiger partial charge in [0, 0.05) is 5.75 Å². The maximum absolute atomic E-state index is 4.24. The average molecular weight is 248 g/mol. The zero-order chi connectivity index (χ0) is 12.4. The van der Waals surface area contributed by atoms with E-state index in [2.05, 4.69) is 43.1 Å². The van der Waals surface area contributed by atoms with E-state index in [9.17, 15) is 0 Å². The third-order valence-corrected chi connectivity index (χ3v) is 4.58. The van der Waals surface area contributed by atoms with Gasteiger partial charge in [0.05, 0.1) is 19.4 Å². The van der Waals surface area contributed by atoms with Crippen molar-refractivity contribution in [3.8, 4) is 0 Å². The first kappa shape index (κ1) is 12.5. The fourth-order valence-corrected chi connectivity index (χ4v) is 3.20. The summed E-state index contributed by atoms with van der Waals surface area (Å²) in [6.45, 7) is 10.9. The Labute approximate surface area is 108 Å². The van der Waals surface area contributed by atoms with Crippen LogP contribution in [0.2, 0.25) is 0 Å². The van der Waals surface area contributed by atoms with Crippen LogP contribution in [0.15, 0.2) is 11.1 Å². The lowest BCUT2D eigenvalue weighted by Gasteiger charge is -2.18. The summed E-state index contributed by atoms with van der Waals surface area (Å²) in [7, 11) is 0. The molecule has 0 saturated heterocycles. The first-order valence-electron chi connectivity index (χ1n) is 6.05. The van der Waals surface area contributed by atoms with Gasteiger partial charge < -0.3 is 4.31 Å². The number of aryl methyl sites for hydroxylation is 2. The quantitative estimate of drug-likeness (QED) is 0.762. The lowest BCUT2D eigenvalue weighted by Crippen LogP contribution is -2.11. The molecule has 1 aliphatic rings. The summed E-state index contributed by atoms with van der Waals surface area (Å²) in [4.78, 5) is 4.24. The van der Waals surface area contributed by atoms with Crippen LogP contribution in [0.1, 0.15) is 27.8 Å². The molecule has 0 radical (unpaired) electrons. The van der Waals surface area contributed by atoms with Crippen molar-refractivity contribution >= 4 is 18.3 Å². The highest BCUT2D eigenvalue weighted by molar-refractivity contribution is 7.96. The summed E-state index contributed by atoms with van der Waals surface area (Å²) in [5.74, 6) is 1.05. The van der Waals surface area contributed by atoms with E-state index in [0.29, 0.717) is 0 Å². The minimum Gasteiger partial charge on any atom is -0.305 e. The van der Waals surface area contributed by atoms with E-state index in [1.165, 1.54) is 27.8 Å². The molecule has 1 aromatic rings. The van der Waals surface area contributed by atoms with Crippen LogP contribution in [0.4, 0.5) is 0 Å². The molecule has 1 aromatic carbocycles. The van der Waals surface area contributed by atoms with Crippen LogP contribution in [0.25, 0.3) is 0 Å². The van der Waals surface area contributed by atoms with Gasteiger partial charge in [-0.2, -0.15) is 0 Å². The second kappa shape index (κ2) is 5.13. The first-order valence-corrected chi connectivity index (χ1v) is 6.99. The Morgan fingerprint density at radius 1 is 1.18 bits per heavy atom. The second-order valence-corrected chi connectivity index (χ2v) is 5.69. The van der Waals surface area contributed by atoms with E-state index < -0.39 is 0 Å². The highest BCUT2D eigenvalue weighted by Crippen LogP contribution is 2.27. The molecule has 0 aliphatic carbocycles.